The van der Waals surface area contributed by atoms with Gasteiger partial charge >= 0.3 is 5.97 Å². The van der Waals surface area contributed by atoms with Crippen LogP contribution in [0, 0.1) is 10.1 Å². The van der Waals surface area contributed by atoms with Crippen LogP contribution in [0.5, 0.6) is 11.5 Å². The van der Waals surface area contributed by atoms with Gasteiger partial charge in [-0.15, -0.1) is 0 Å². The summed E-state index contributed by atoms with van der Waals surface area (Å²) < 4.78 is 10.9. The lowest BCUT2D eigenvalue weighted by Gasteiger charge is -2.19. The molecule has 43 heavy (non-hydrogen) atoms. The van der Waals surface area contributed by atoms with E-state index in [9.17, 15) is 24.8 Å². The molecule has 3 N–H and O–H groups in total. The van der Waals surface area contributed by atoms with Gasteiger partial charge in [0.25, 0.3) is 5.69 Å². The van der Waals surface area contributed by atoms with Gasteiger partial charge in [0.05, 0.1) is 36.6 Å². The Kier molecular flexibility index (Phi) is 10.2. The number of unbranched alkanes of at least 4 members (excludes halogenated alkanes) is 1. The zero-order valence-corrected chi connectivity index (χ0v) is 23.8. The van der Waals surface area contributed by atoms with Crippen molar-refractivity contribution in [1.29, 1.82) is 0 Å². The molecular formula is C32H32N4O7. The summed E-state index contributed by atoms with van der Waals surface area (Å²) in [7, 11) is 1.58. The third-order valence-electron chi connectivity index (χ3n) is 6.67. The summed E-state index contributed by atoms with van der Waals surface area (Å²) in [5.74, 6) is -0.0467. The predicted octanol–water partition coefficient (Wildman–Crippen LogP) is 5.98. The van der Waals surface area contributed by atoms with Crippen LogP contribution in [-0.4, -0.2) is 45.6 Å². The first-order valence-corrected chi connectivity index (χ1v) is 13.7. The van der Waals surface area contributed by atoms with E-state index in [1.54, 1.807) is 55.8 Å². The molecule has 0 fully saturated rings. The maximum Gasteiger partial charge on any atom is 0.339 e. The summed E-state index contributed by atoms with van der Waals surface area (Å²) in [6.07, 6.45) is 6.58. The molecule has 4 rings (SSSR count). The van der Waals surface area contributed by atoms with Crippen molar-refractivity contribution in [2.75, 3.05) is 13.7 Å². The van der Waals surface area contributed by atoms with Crippen LogP contribution in [0.1, 0.15) is 53.1 Å². The largest absolute Gasteiger partial charge is 0.497 e. The van der Waals surface area contributed by atoms with Crippen molar-refractivity contribution >= 4 is 23.6 Å². The number of nitro benzene ring substituents is 1. The van der Waals surface area contributed by atoms with E-state index in [4.69, 9.17) is 9.47 Å². The van der Waals surface area contributed by atoms with Crippen molar-refractivity contribution < 1.29 is 29.1 Å². The normalized spacial score (nSPS) is 11.7. The number of carbonyl (C=O) groups excluding carboxylic acids is 1. The number of hydrogen-bond acceptors (Lipinski definition) is 7. The lowest BCUT2D eigenvalue weighted by atomic mass is 10.00. The minimum atomic E-state index is -1.14. The van der Waals surface area contributed by atoms with Gasteiger partial charge in [0.15, 0.2) is 0 Å². The number of amides is 1. The van der Waals surface area contributed by atoms with Crippen LogP contribution in [0.3, 0.4) is 0 Å². The fourth-order valence-corrected chi connectivity index (χ4v) is 4.31. The third-order valence-corrected chi connectivity index (χ3v) is 6.67. The van der Waals surface area contributed by atoms with Gasteiger partial charge < -0.3 is 24.9 Å². The number of H-pyrrole nitrogens is 1. The lowest BCUT2D eigenvalue weighted by Crippen LogP contribution is -2.29. The number of non-ortho nitro benzene ring substituents is 1. The summed E-state index contributed by atoms with van der Waals surface area (Å²) in [6.45, 7) is 2.41. The lowest BCUT2D eigenvalue weighted by molar-refractivity contribution is -0.384. The van der Waals surface area contributed by atoms with Crippen LogP contribution in [0.2, 0.25) is 0 Å². The van der Waals surface area contributed by atoms with E-state index in [0.717, 1.165) is 18.4 Å². The summed E-state index contributed by atoms with van der Waals surface area (Å²) >= 11 is 0. The van der Waals surface area contributed by atoms with Gasteiger partial charge in [-0.1, -0.05) is 31.5 Å². The SMILES string of the molecule is CCCCOc1ccc(C(Cc2ncc(-c3ccc([N+](=O)[O-])cc3)[nH]2)NC(=O)/C=C/c2ccc(OC)cc2)cc1C(=O)O. The second-order valence-electron chi connectivity index (χ2n) is 9.68. The molecule has 0 aliphatic rings. The minimum absolute atomic E-state index is 0.00681. The van der Waals surface area contributed by atoms with Crippen LogP contribution in [0.15, 0.2) is 79.0 Å². The highest BCUT2D eigenvalue weighted by atomic mass is 16.6. The van der Waals surface area contributed by atoms with Crippen LogP contribution >= 0.6 is 0 Å². The topological polar surface area (TPSA) is 157 Å². The quantitative estimate of drug-likeness (QED) is 0.0707. The molecule has 0 aliphatic heterocycles. The number of aromatic amines is 1. The van der Waals surface area contributed by atoms with E-state index in [1.807, 2.05) is 19.1 Å². The van der Waals surface area contributed by atoms with E-state index in [2.05, 4.69) is 15.3 Å². The number of carboxylic acids is 1. The summed E-state index contributed by atoms with van der Waals surface area (Å²) in [4.78, 5) is 43.3. The number of carbonyl (C=O) groups is 2. The maximum absolute atomic E-state index is 13.0. The number of hydrogen-bond donors (Lipinski definition) is 3. The zero-order chi connectivity index (χ0) is 30.8. The molecular weight excluding hydrogens is 552 g/mol. The molecule has 1 atom stereocenters. The molecule has 0 spiro atoms. The van der Waals surface area contributed by atoms with Crippen LogP contribution in [0.25, 0.3) is 17.3 Å². The van der Waals surface area contributed by atoms with Crippen molar-refractivity contribution in [2.45, 2.75) is 32.2 Å². The highest BCUT2D eigenvalue weighted by Gasteiger charge is 2.21. The monoisotopic (exact) mass is 584 g/mol. The summed E-state index contributed by atoms with van der Waals surface area (Å²) in [5.41, 5.74) is 2.67. The van der Waals surface area contributed by atoms with Crippen molar-refractivity contribution in [3.63, 3.8) is 0 Å². The molecule has 222 valence electrons. The second kappa shape index (κ2) is 14.4. The predicted molar refractivity (Wildman–Crippen MR) is 161 cm³/mol. The molecule has 0 aliphatic carbocycles. The summed E-state index contributed by atoms with van der Waals surface area (Å²) in [6, 6.07) is 17.5. The van der Waals surface area contributed by atoms with Gasteiger partial charge in [-0.2, -0.15) is 0 Å². The van der Waals surface area contributed by atoms with Crippen molar-refractivity contribution in [3.8, 4) is 22.8 Å². The number of carboxylic acid groups (broad SMARTS) is 1. The molecule has 11 nitrogen and oxygen atoms in total. The van der Waals surface area contributed by atoms with Gasteiger partial charge in [0.2, 0.25) is 5.91 Å². The average molecular weight is 585 g/mol. The number of imidazole rings is 1. The van der Waals surface area contributed by atoms with Crippen LogP contribution in [0.4, 0.5) is 5.69 Å². The van der Waals surface area contributed by atoms with Gasteiger partial charge in [-0.25, -0.2) is 9.78 Å². The van der Waals surface area contributed by atoms with E-state index in [1.165, 1.54) is 24.3 Å². The van der Waals surface area contributed by atoms with Crippen molar-refractivity contribution in [3.05, 3.63) is 112 Å². The highest BCUT2D eigenvalue weighted by molar-refractivity contribution is 5.93. The number of benzene rings is 3. The number of methoxy groups -OCH3 is 1. The standard InChI is InChI=1S/C32H32N4O7/c1-3-4-17-43-29-15-10-23(18-26(29)32(38)39)27(35-31(37)16-7-21-5-13-25(42-2)14-6-21)19-30-33-20-28(34-30)22-8-11-24(12-9-22)36(40)41/h5-16,18,20,27H,3-4,17,19H2,1-2H3,(H,33,34)(H,35,37)(H,38,39)/b16-7+. The number of ether oxygens (including phenoxy) is 2. The molecule has 0 bridgehead atoms. The van der Waals surface area contributed by atoms with Gasteiger partial charge in [0, 0.05) is 30.2 Å². The second-order valence-corrected chi connectivity index (χ2v) is 9.68. The maximum atomic E-state index is 13.0. The van der Waals surface area contributed by atoms with Crippen LogP contribution < -0.4 is 14.8 Å². The Labute approximate surface area is 248 Å². The average Bonchev–Trinajstić information content (AvgIpc) is 3.48. The van der Waals surface area contributed by atoms with Gasteiger partial charge in [-0.05, 0) is 60.0 Å². The van der Waals surface area contributed by atoms with E-state index in [0.29, 0.717) is 35.0 Å². The van der Waals surface area contributed by atoms with Gasteiger partial charge in [0.1, 0.15) is 22.9 Å². The number of nitrogens with one attached hydrogen (secondary N) is 2. The summed E-state index contributed by atoms with van der Waals surface area (Å²) in [5, 5.41) is 23.8. The Morgan fingerprint density at radius 2 is 1.86 bits per heavy atom. The van der Waals surface area contributed by atoms with E-state index in [-0.39, 0.29) is 29.3 Å². The van der Waals surface area contributed by atoms with E-state index >= 15 is 0 Å². The fourth-order valence-electron chi connectivity index (χ4n) is 4.31. The Morgan fingerprint density at radius 3 is 2.51 bits per heavy atom. The first kappa shape index (κ1) is 30.5. The molecule has 1 amide bonds. The van der Waals surface area contributed by atoms with Crippen LogP contribution in [-0.2, 0) is 11.2 Å². The number of nitro groups is 1. The molecule has 0 saturated carbocycles. The smallest absolute Gasteiger partial charge is 0.339 e. The molecule has 0 radical (unpaired) electrons. The Balaban J connectivity index is 1.60. The molecule has 3 aromatic carbocycles. The fraction of sp³-hybridized carbons (Fsp3) is 0.219. The van der Waals surface area contributed by atoms with Crippen molar-refractivity contribution in [1.82, 2.24) is 15.3 Å². The first-order valence-electron chi connectivity index (χ1n) is 13.7. The molecule has 1 aromatic heterocycles. The first-order chi connectivity index (χ1) is 20.8. The Hall–Kier alpha value is -5.45. The minimum Gasteiger partial charge on any atom is -0.497 e. The zero-order valence-electron chi connectivity index (χ0n) is 23.8. The third kappa shape index (κ3) is 8.29. The molecule has 11 heteroatoms. The number of nitrogens with zero attached hydrogens (tertiary/aromatic N) is 2. The number of aromatic carboxylic acids is 1. The Bertz CT molecular complexity index is 1590. The van der Waals surface area contributed by atoms with E-state index < -0.39 is 16.9 Å². The molecule has 4 aromatic rings. The van der Waals surface area contributed by atoms with Gasteiger partial charge in [-0.3, -0.25) is 14.9 Å². The highest BCUT2D eigenvalue weighted by Crippen LogP contribution is 2.27. The molecule has 1 unspecified atom stereocenters. The number of aromatic nitrogens is 2. The molecule has 0 saturated heterocycles. The van der Waals surface area contributed by atoms with Crippen molar-refractivity contribution in [2.24, 2.45) is 0 Å². The Morgan fingerprint density at radius 1 is 1.12 bits per heavy atom. The molecule has 1 heterocycles. The number of rotatable bonds is 14.